The van der Waals surface area contributed by atoms with Gasteiger partial charge in [0.25, 0.3) is 0 Å². The summed E-state index contributed by atoms with van der Waals surface area (Å²) in [6.45, 7) is 2.07. The van der Waals surface area contributed by atoms with Crippen molar-refractivity contribution in [2.75, 3.05) is 7.11 Å². The van der Waals surface area contributed by atoms with Gasteiger partial charge in [-0.2, -0.15) is 0 Å². The molecule has 0 aromatic heterocycles. The van der Waals surface area contributed by atoms with E-state index in [1.54, 1.807) is 14.0 Å². The van der Waals surface area contributed by atoms with Crippen LogP contribution in [0, 0.1) is 0 Å². The number of nitrogens with one attached hydrogen (secondary N) is 1. The largest absolute Gasteiger partial charge is 0.496 e. The molecule has 0 radical (unpaired) electrons. The Balaban J connectivity index is 2.61. The van der Waals surface area contributed by atoms with Crippen LogP contribution >= 0.6 is 11.6 Å². The number of carbonyl (C=O) groups is 1. The van der Waals surface area contributed by atoms with E-state index in [0.29, 0.717) is 6.54 Å². The van der Waals surface area contributed by atoms with Crippen LogP contribution in [0.5, 0.6) is 5.75 Å². The summed E-state index contributed by atoms with van der Waals surface area (Å²) >= 11 is 5.62. The second kappa shape index (κ2) is 5.61. The lowest BCUT2D eigenvalue weighted by molar-refractivity contribution is -0.120. The maximum Gasteiger partial charge on any atom is 0.238 e. The van der Waals surface area contributed by atoms with Crippen molar-refractivity contribution in [3.05, 3.63) is 29.8 Å². The monoisotopic (exact) mass is 227 g/mol. The van der Waals surface area contributed by atoms with Gasteiger partial charge in [0.15, 0.2) is 0 Å². The fourth-order valence-corrected chi connectivity index (χ4v) is 1.25. The first-order valence-corrected chi connectivity index (χ1v) is 5.12. The first-order chi connectivity index (χ1) is 7.15. The summed E-state index contributed by atoms with van der Waals surface area (Å²) in [7, 11) is 1.60. The van der Waals surface area contributed by atoms with E-state index in [-0.39, 0.29) is 5.91 Å². The molecule has 0 saturated carbocycles. The van der Waals surface area contributed by atoms with Gasteiger partial charge in [-0.15, -0.1) is 11.6 Å². The number of benzene rings is 1. The summed E-state index contributed by atoms with van der Waals surface area (Å²) in [4.78, 5) is 11.2. The molecule has 1 aromatic rings. The van der Waals surface area contributed by atoms with Gasteiger partial charge in [-0.05, 0) is 13.0 Å². The second-order valence-corrected chi connectivity index (χ2v) is 3.80. The van der Waals surface area contributed by atoms with E-state index in [4.69, 9.17) is 16.3 Å². The molecule has 1 atom stereocenters. The van der Waals surface area contributed by atoms with Crippen LogP contribution in [0.4, 0.5) is 0 Å². The van der Waals surface area contributed by atoms with Crippen LogP contribution < -0.4 is 10.1 Å². The molecule has 1 aromatic carbocycles. The Labute approximate surface area is 94.4 Å². The molecule has 0 aliphatic rings. The third-order valence-electron chi connectivity index (χ3n) is 2.01. The number of para-hydroxylation sites is 1. The molecule has 0 spiro atoms. The van der Waals surface area contributed by atoms with Gasteiger partial charge < -0.3 is 10.1 Å². The van der Waals surface area contributed by atoms with Crippen molar-refractivity contribution in [3.8, 4) is 5.75 Å². The van der Waals surface area contributed by atoms with E-state index in [9.17, 15) is 4.79 Å². The maximum atomic E-state index is 11.2. The molecule has 1 N–H and O–H groups in total. The smallest absolute Gasteiger partial charge is 0.238 e. The van der Waals surface area contributed by atoms with Gasteiger partial charge in [0.1, 0.15) is 11.1 Å². The number of rotatable bonds is 4. The number of halogens is 1. The predicted molar refractivity (Wildman–Crippen MR) is 60.2 cm³/mol. The molecule has 0 fully saturated rings. The highest BCUT2D eigenvalue weighted by Gasteiger charge is 2.09. The predicted octanol–water partition coefficient (Wildman–Crippen LogP) is 1.94. The molecule has 0 aliphatic carbocycles. The average Bonchev–Trinajstić information content (AvgIpc) is 2.26. The van der Waals surface area contributed by atoms with E-state index >= 15 is 0 Å². The molecule has 82 valence electrons. The SMILES string of the molecule is COc1ccccc1CNC(=O)[C@@H](C)Cl. The lowest BCUT2D eigenvalue weighted by Crippen LogP contribution is -2.29. The Kier molecular flexibility index (Phi) is 4.43. The van der Waals surface area contributed by atoms with E-state index in [1.165, 1.54) is 0 Å². The standard InChI is InChI=1S/C11H14ClNO2/c1-8(12)11(14)13-7-9-5-3-4-6-10(9)15-2/h3-6,8H,7H2,1-2H3,(H,13,14)/t8-/m1/s1. The molecule has 0 aliphatic heterocycles. The van der Waals surface area contributed by atoms with Crippen LogP contribution in [0.15, 0.2) is 24.3 Å². The number of alkyl halides is 1. The molecular formula is C11H14ClNO2. The first-order valence-electron chi connectivity index (χ1n) is 4.69. The summed E-state index contributed by atoms with van der Waals surface area (Å²) in [5, 5.41) is 2.21. The molecule has 3 nitrogen and oxygen atoms in total. The number of carbonyl (C=O) groups excluding carboxylic acids is 1. The summed E-state index contributed by atoms with van der Waals surface area (Å²) in [6.07, 6.45) is 0. The molecule has 15 heavy (non-hydrogen) atoms. The Morgan fingerprint density at radius 1 is 1.53 bits per heavy atom. The van der Waals surface area contributed by atoms with E-state index < -0.39 is 5.38 Å². The number of ether oxygens (including phenoxy) is 1. The van der Waals surface area contributed by atoms with Crippen LogP contribution in [0.3, 0.4) is 0 Å². The molecule has 0 heterocycles. The molecule has 4 heteroatoms. The number of hydrogen-bond donors (Lipinski definition) is 1. The van der Waals surface area contributed by atoms with Gasteiger partial charge in [0, 0.05) is 12.1 Å². The van der Waals surface area contributed by atoms with Crippen LogP contribution in [0.2, 0.25) is 0 Å². The molecule has 0 saturated heterocycles. The quantitative estimate of drug-likeness (QED) is 0.799. The number of amides is 1. The van der Waals surface area contributed by atoms with Crippen molar-refractivity contribution in [1.82, 2.24) is 5.32 Å². The highest BCUT2D eigenvalue weighted by atomic mass is 35.5. The highest BCUT2D eigenvalue weighted by Crippen LogP contribution is 2.16. The first kappa shape index (κ1) is 11.9. The van der Waals surface area contributed by atoms with Gasteiger partial charge in [0.2, 0.25) is 5.91 Å². The highest BCUT2D eigenvalue weighted by molar-refractivity contribution is 6.30. The maximum absolute atomic E-state index is 11.2. The molecule has 1 rings (SSSR count). The van der Waals surface area contributed by atoms with Crippen LogP contribution in [0.25, 0.3) is 0 Å². The number of hydrogen-bond acceptors (Lipinski definition) is 2. The minimum atomic E-state index is -0.514. The zero-order valence-electron chi connectivity index (χ0n) is 8.79. The van der Waals surface area contributed by atoms with E-state index in [0.717, 1.165) is 11.3 Å². The van der Waals surface area contributed by atoms with Crippen LogP contribution in [0.1, 0.15) is 12.5 Å². The van der Waals surface area contributed by atoms with Crippen molar-refractivity contribution in [1.29, 1.82) is 0 Å². The fraction of sp³-hybridized carbons (Fsp3) is 0.364. The molecule has 1 amide bonds. The van der Waals surface area contributed by atoms with Crippen molar-refractivity contribution in [2.45, 2.75) is 18.8 Å². The third-order valence-corrected chi connectivity index (χ3v) is 2.21. The Hall–Kier alpha value is -1.22. The summed E-state index contributed by atoms with van der Waals surface area (Å²) in [6, 6.07) is 7.53. The Morgan fingerprint density at radius 2 is 2.20 bits per heavy atom. The van der Waals surface area contributed by atoms with Gasteiger partial charge in [-0.1, -0.05) is 18.2 Å². The summed E-state index contributed by atoms with van der Waals surface area (Å²) in [5.74, 6) is 0.586. The topological polar surface area (TPSA) is 38.3 Å². The van der Waals surface area contributed by atoms with Gasteiger partial charge in [0.05, 0.1) is 7.11 Å². The van der Waals surface area contributed by atoms with Crippen molar-refractivity contribution >= 4 is 17.5 Å². The Morgan fingerprint density at radius 3 is 2.80 bits per heavy atom. The minimum absolute atomic E-state index is 0.178. The summed E-state index contributed by atoms with van der Waals surface area (Å²) < 4.78 is 5.15. The van der Waals surface area contributed by atoms with E-state index in [2.05, 4.69) is 5.32 Å². The third kappa shape index (κ3) is 3.44. The molecule has 0 bridgehead atoms. The van der Waals surface area contributed by atoms with Gasteiger partial charge >= 0.3 is 0 Å². The molecule has 0 unspecified atom stereocenters. The Bertz CT molecular complexity index is 339. The molecular weight excluding hydrogens is 214 g/mol. The lowest BCUT2D eigenvalue weighted by atomic mass is 10.2. The lowest BCUT2D eigenvalue weighted by Gasteiger charge is -2.10. The van der Waals surface area contributed by atoms with Gasteiger partial charge in [-0.3, -0.25) is 4.79 Å². The fourth-order valence-electron chi connectivity index (χ4n) is 1.17. The van der Waals surface area contributed by atoms with Crippen molar-refractivity contribution in [2.24, 2.45) is 0 Å². The number of methoxy groups -OCH3 is 1. The summed E-state index contributed by atoms with van der Waals surface area (Å²) in [5.41, 5.74) is 0.936. The van der Waals surface area contributed by atoms with E-state index in [1.807, 2.05) is 24.3 Å². The van der Waals surface area contributed by atoms with Crippen molar-refractivity contribution in [3.63, 3.8) is 0 Å². The van der Waals surface area contributed by atoms with Gasteiger partial charge in [-0.25, -0.2) is 0 Å². The zero-order chi connectivity index (χ0) is 11.3. The van der Waals surface area contributed by atoms with Crippen LogP contribution in [-0.2, 0) is 11.3 Å². The van der Waals surface area contributed by atoms with Crippen molar-refractivity contribution < 1.29 is 9.53 Å². The second-order valence-electron chi connectivity index (χ2n) is 3.15. The average molecular weight is 228 g/mol. The van der Waals surface area contributed by atoms with Crippen LogP contribution in [-0.4, -0.2) is 18.4 Å². The zero-order valence-corrected chi connectivity index (χ0v) is 9.54. The normalized spacial score (nSPS) is 11.9. The minimum Gasteiger partial charge on any atom is -0.496 e.